The van der Waals surface area contributed by atoms with Gasteiger partial charge in [0.1, 0.15) is 11.3 Å². The second-order valence-electron chi connectivity index (χ2n) is 5.07. The molecule has 1 aliphatic rings. The first-order chi connectivity index (χ1) is 10.2. The van der Waals surface area contributed by atoms with Gasteiger partial charge in [-0.15, -0.1) is 11.6 Å². The number of alkyl halides is 1. The van der Waals surface area contributed by atoms with E-state index in [9.17, 15) is 4.79 Å². The van der Waals surface area contributed by atoms with Crippen LogP contribution in [0.5, 0.6) is 5.88 Å². The summed E-state index contributed by atoms with van der Waals surface area (Å²) in [6.45, 7) is 1.14. The van der Waals surface area contributed by atoms with Gasteiger partial charge < -0.3 is 14.6 Å². The molecule has 0 saturated heterocycles. The number of ether oxygens (including phenoxy) is 1. The van der Waals surface area contributed by atoms with Crippen LogP contribution in [0.1, 0.15) is 18.7 Å². The van der Waals surface area contributed by atoms with E-state index >= 15 is 0 Å². The zero-order valence-corrected chi connectivity index (χ0v) is 12.6. The lowest BCUT2D eigenvalue weighted by Gasteiger charge is -2.08. The standard InChI is InChI=1S/C14H17ClN4O2/c1-21-12-5-4-10-13(18-12)19(11(8-15)17-10)7-6-16-14(20)9-2-3-9/h4-5,9H,2-3,6-8H2,1H3,(H,16,20). The normalized spacial score (nSPS) is 14.4. The highest BCUT2D eigenvalue weighted by Gasteiger charge is 2.29. The van der Waals surface area contributed by atoms with Crippen LogP contribution in [0.4, 0.5) is 0 Å². The molecule has 0 atom stereocenters. The number of nitrogens with zero attached hydrogens (tertiary/aromatic N) is 3. The lowest BCUT2D eigenvalue weighted by atomic mass is 10.4. The fourth-order valence-corrected chi connectivity index (χ4v) is 2.47. The first-order valence-corrected chi connectivity index (χ1v) is 7.50. The third kappa shape index (κ3) is 2.95. The van der Waals surface area contributed by atoms with Crippen molar-refractivity contribution in [1.29, 1.82) is 0 Å². The average molecular weight is 309 g/mol. The van der Waals surface area contributed by atoms with Crippen molar-refractivity contribution in [1.82, 2.24) is 19.9 Å². The molecule has 1 saturated carbocycles. The van der Waals surface area contributed by atoms with Gasteiger partial charge in [-0.3, -0.25) is 4.79 Å². The Hall–Kier alpha value is -1.82. The summed E-state index contributed by atoms with van der Waals surface area (Å²) >= 11 is 5.95. The van der Waals surface area contributed by atoms with Gasteiger partial charge in [-0.05, 0) is 18.9 Å². The number of amides is 1. The van der Waals surface area contributed by atoms with Crippen molar-refractivity contribution in [3.05, 3.63) is 18.0 Å². The molecule has 0 bridgehead atoms. The van der Waals surface area contributed by atoms with Crippen LogP contribution in [-0.4, -0.2) is 34.1 Å². The molecule has 7 heteroatoms. The summed E-state index contributed by atoms with van der Waals surface area (Å²) in [4.78, 5) is 20.5. The van der Waals surface area contributed by atoms with E-state index in [4.69, 9.17) is 16.3 Å². The molecule has 112 valence electrons. The number of pyridine rings is 1. The van der Waals surface area contributed by atoms with E-state index in [1.54, 1.807) is 13.2 Å². The van der Waals surface area contributed by atoms with E-state index < -0.39 is 0 Å². The highest BCUT2D eigenvalue weighted by Crippen LogP contribution is 2.28. The number of rotatable bonds is 6. The summed E-state index contributed by atoms with van der Waals surface area (Å²) in [5, 5.41) is 2.94. The van der Waals surface area contributed by atoms with Crippen LogP contribution in [0, 0.1) is 5.92 Å². The van der Waals surface area contributed by atoms with Gasteiger partial charge in [0.05, 0.1) is 13.0 Å². The summed E-state index contributed by atoms with van der Waals surface area (Å²) < 4.78 is 7.08. The van der Waals surface area contributed by atoms with E-state index in [0.29, 0.717) is 24.8 Å². The average Bonchev–Trinajstić information content (AvgIpc) is 3.30. The van der Waals surface area contributed by atoms with Gasteiger partial charge in [0.15, 0.2) is 5.65 Å². The SMILES string of the molecule is COc1ccc2nc(CCl)n(CCNC(=O)C3CC3)c2n1. The molecule has 1 aliphatic carbocycles. The van der Waals surface area contributed by atoms with E-state index in [2.05, 4.69) is 15.3 Å². The van der Waals surface area contributed by atoms with Crippen molar-refractivity contribution in [3.63, 3.8) is 0 Å². The minimum Gasteiger partial charge on any atom is -0.481 e. The Balaban J connectivity index is 1.79. The minimum absolute atomic E-state index is 0.136. The molecule has 0 unspecified atom stereocenters. The summed E-state index contributed by atoms with van der Waals surface area (Å²) in [6, 6.07) is 3.63. The van der Waals surface area contributed by atoms with Crippen molar-refractivity contribution >= 4 is 28.7 Å². The minimum atomic E-state index is 0.136. The molecule has 2 aromatic heterocycles. The number of hydrogen-bond donors (Lipinski definition) is 1. The predicted octanol–water partition coefficient (Wildman–Crippen LogP) is 1.70. The molecule has 2 heterocycles. The molecule has 0 aliphatic heterocycles. The molecule has 0 spiro atoms. The number of methoxy groups -OCH3 is 1. The maximum atomic E-state index is 11.7. The zero-order chi connectivity index (χ0) is 14.8. The molecule has 0 aromatic carbocycles. The van der Waals surface area contributed by atoms with Gasteiger partial charge in [-0.25, -0.2) is 4.98 Å². The quantitative estimate of drug-likeness (QED) is 0.825. The molecular weight excluding hydrogens is 292 g/mol. The van der Waals surface area contributed by atoms with Crippen molar-refractivity contribution in [2.75, 3.05) is 13.7 Å². The molecule has 21 heavy (non-hydrogen) atoms. The van der Waals surface area contributed by atoms with Crippen LogP contribution in [0.2, 0.25) is 0 Å². The van der Waals surface area contributed by atoms with Gasteiger partial charge in [0.25, 0.3) is 0 Å². The number of imidazole rings is 1. The second kappa shape index (κ2) is 5.89. The lowest BCUT2D eigenvalue weighted by Crippen LogP contribution is -2.28. The van der Waals surface area contributed by atoms with E-state index in [1.165, 1.54) is 0 Å². The highest BCUT2D eigenvalue weighted by molar-refractivity contribution is 6.16. The molecule has 1 fully saturated rings. The van der Waals surface area contributed by atoms with Crippen molar-refractivity contribution in [2.24, 2.45) is 5.92 Å². The third-order valence-corrected chi connectivity index (χ3v) is 3.80. The van der Waals surface area contributed by atoms with Crippen LogP contribution in [0.25, 0.3) is 11.2 Å². The molecule has 1 amide bonds. The van der Waals surface area contributed by atoms with Gasteiger partial charge in [0, 0.05) is 25.1 Å². The molecule has 3 rings (SSSR count). The Labute approximate surface area is 127 Å². The van der Waals surface area contributed by atoms with Gasteiger partial charge >= 0.3 is 0 Å². The van der Waals surface area contributed by atoms with Crippen LogP contribution >= 0.6 is 11.6 Å². The fourth-order valence-electron chi connectivity index (χ4n) is 2.26. The topological polar surface area (TPSA) is 69.0 Å². The summed E-state index contributed by atoms with van der Waals surface area (Å²) in [6.07, 6.45) is 2.01. The monoisotopic (exact) mass is 308 g/mol. The maximum Gasteiger partial charge on any atom is 0.223 e. The van der Waals surface area contributed by atoms with Gasteiger partial charge in [-0.1, -0.05) is 0 Å². The Morgan fingerprint density at radius 1 is 1.48 bits per heavy atom. The smallest absolute Gasteiger partial charge is 0.223 e. The molecule has 0 radical (unpaired) electrons. The second-order valence-corrected chi connectivity index (χ2v) is 5.34. The van der Waals surface area contributed by atoms with Crippen LogP contribution < -0.4 is 10.1 Å². The first-order valence-electron chi connectivity index (χ1n) is 6.96. The van der Waals surface area contributed by atoms with Crippen molar-refractivity contribution in [2.45, 2.75) is 25.3 Å². The maximum absolute atomic E-state index is 11.7. The van der Waals surface area contributed by atoms with Gasteiger partial charge in [-0.2, -0.15) is 4.98 Å². The molecule has 2 aromatic rings. The van der Waals surface area contributed by atoms with E-state index in [1.807, 2.05) is 10.6 Å². The number of carbonyl (C=O) groups is 1. The summed E-state index contributed by atoms with van der Waals surface area (Å²) in [5.41, 5.74) is 1.51. The van der Waals surface area contributed by atoms with E-state index in [0.717, 1.165) is 29.8 Å². The van der Waals surface area contributed by atoms with Crippen molar-refractivity contribution < 1.29 is 9.53 Å². The van der Waals surface area contributed by atoms with Crippen LogP contribution in [-0.2, 0) is 17.2 Å². The Kier molecular flexibility index (Phi) is 3.96. The zero-order valence-electron chi connectivity index (χ0n) is 11.8. The Morgan fingerprint density at radius 3 is 2.95 bits per heavy atom. The van der Waals surface area contributed by atoms with E-state index in [-0.39, 0.29) is 11.8 Å². The first kappa shape index (κ1) is 14.1. The van der Waals surface area contributed by atoms with Crippen molar-refractivity contribution in [3.8, 4) is 5.88 Å². The molecule has 1 N–H and O–H groups in total. The number of nitrogens with one attached hydrogen (secondary N) is 1. The Morgan fingerprint density at radius 2 is 2.29 bits per heavy atom. The Bertz CT molecular complexity index is 666. The predicted molar refractivity (Wildman–Crippen MR) is 79.4 cm³/mol. The number of carbonyl (C=O) groups excluding carboxylic acids is 1. The largest absolute Gasteiger partial charge is 0.481 e. The number of halogens is 1. The highest BCUT2D eigenvalue weighted by atomic mass is 35.5. The van der Waals surface area contributed by atoms with Gasteiger partial charge in [0.2, 0.25) is 11.8 Å². The summed E-state index contributed by atoms with van der Waals surface area (Å²) in [7, 11) is 1.58. The molecular formula is C14H17ClN4O2. The third-order valence-electron chi connectivity index (χ3n) is 3.56. The number of hydrogen-bond acceptors (Lipinski definition) is 4. The lowest BCUT2D eigenvalue weighted by molar-refractivity contribution is -0.122. The fraction of sp³-hybridized carbons (Fsp3) is 0.500. The number of aromatic nitrogens is 3. The van der Waals surface area contributed by atoms with Crippen LogP contribution in [0.15, 0.2) is 12.1 Å². The number of fused-ring (bicyclic) bond motifs is 1. The molecule has 6 nitrogen and oxygen atoms in total. The van der Waals surface area contributed by atoms with Crippen LogP contribution in [0.3, 0.4) is 0 Å². The summed E-state index contributed by atoms with van der Waals surface area (Å²) in [5.74, 6) is 1.93.